The Morgan fingerprint density at radius 2 is 1.70 bits per heavy atom. The first-order valence-electron chi connectivity index (χ1n) is 12.2. The van der Waals surface area contributed by atoms with Crippen LogP contribution in [0.1, 0.15) is 5.56 Å². The Balaban J connectivity index is 1.17. The number of fused-ring (bicyclic) bond motifs is 1. The first-order valence-corrected chi connectivity index (χ1v) is 12.2. The second-order valence-corrected chi connectivity index (χ2v) is 9.01. The lowest BCUT2D eigenvalue weighted by Crippen LogP contribution is -2.48. The maximum absolute atomic E-state index is 12.5. The second kappa shape index (κ2) is 9.63. The Labute approximate surface area is 214 Å². The summed E-state index contributed by atoms with van der Waals surface area (Å²) in [5.41, 5.74) is 6.02. The minimum Gasteiger partial charge on any atom is -0.353 e. The van der Waals surface area contributed by atoms with Gasteiger partial charge < -0.3 is 9.80 Å². The quantitative estimate of drug-likeness (QED) is 0.365. The summed E-state index contributed by atoms with van der Waals surface area (Å²) < 4.78 is 3.68. The molecule has 1 saturated heterocycles. The summed E-state index contributed by atoms with van der Waals surface area (Å²) in [5, 5.41) is 8.76. The molecular weight excluding hydrogens is 462 g/mol. The van der Waals surface area contributed by atoms with Crippen LogP contribution in [0.3, 0.4) is 0 Å². The molecule has 1 amide bonds. The molecular formula is C29H25N7O. The lowest BCUT2D eigenvalue weighted by molar-refractivity contribution is -0.125. The van der Waals surface area contributed by atoms with Crippen molar-refractivity contribution in [2.45, 2.75) is 0 Å². The van der Waals surface area contributed by atoms with Crippen molar-refractivity contribution in [2.75, 3.05) is 31.1 Å². The Morgan fingerprint density at radius 3 is 2.43 bits per heavy atom. The fraction of sp³-hybridized carbons (Fsp3) is 0.172. The number of hydrogen-bond donors (Lipinski definition) is 0. The number of nitrogens with zero attached hydrogens (tertiary/aromatic N) is 7. The summed E-state index contributed by atoms with van der Waals surface area (Å²) in [6.45, 7) is 2.67. The molecule has 8 nitrogen and oxygen atoms in total. The van der Waals surface area contributed by atoms with Crippen molar-refractivity contribution in [1.29, 1.82) is 0 Å². The van der Waals surface area contributed by atoms with Gasteiger partial charge in [0.1, 0.15) is 5.82 Å². The number of anilines is 1. The van der Waals surface area contributed by atoms with Crippen LogP contribution in [0.4, 0.5) is 5.82 Å². The summed E-state index contributed by atoms with van der Waals surface area (Å²) in [6.07, 6.45) is 9.58. The van der Waals surface area contributed by atoms with Gasteiger partial charge in [0, 0.05) is 91.8 Å². The van der Waals surface area contributed by atoms with Crippen molar-refractivity contribution in [3.8, 4) is 34.1 Å². The maximum Gasteiger partial charge on any atom is 0.298 e. The van der Waals surface area contributed by atoms with E-state index in [-0.39, 0.29) is 5.91 Å². The van der Waals surface area contributed by atoms with Gasteiger partial charge in [0.25, 0.3) is 5.91 Å². The van der Waals surface area contributed by atoms with Crippen molar-refractivity contribution in [3.05, 3.63) is 91.1 Å². The largest absolute Gasteiger partial charge is 0.353 e. The lowest BCUT2D eigenvalue weighted by Gasteiger charge is -2.34. The van der Waals surface area contributed by atoms with Crippen molar-refractivity contribution in [1.82, 2.24) is 29.3 Å². The number of aryl methyl sites for hydroxylation is 1. The number of piperazine rings is 1. The molecule has 0 spiro atoms. The molecule has 1 aliphatic heterocycles. The van der Waals surface area contributed by atoms with E-state index in [1.165, 1.54) is 0 Å². The standard InChI is InChI=1S/C29H25N7O/c1-33-20-25(19-32-33)24-17-26(27-11-12-31-36(27)21-24)23-8-9-28(30-18-23)34-13-15-35(16-14-34)29(37)10-7-22-5-3-2-4-6-22/h2-6,8-9,11-12,17-21H,13-16H2,1H3. The number of benzene rings is 1. The van der Waals surface area contributed by atoms with E-state index in [9.17, 15) is 4.79 Å². The highest BCUT2D eigenvalue weighted by Gasteiger charge is 2.21. The maximum atomic E-state index is 12.5. The monoisotopic (exact) mass is 487 g/mol. The third-order valence-corrected chi connectivity index (χ3v) is 6.58. The second-order valence-electron chi connectivity index (χ2n) is 9.01. The van der Waals surface area contributed by atoms with Crippen LogP contribution in [0.2, 0.25) is 0 Å². The van der Waals surface area contributed by atoms with Crippen molar-refractivity contribution < 1.29 is 4.79 Å². The molecule has 1 fully saturated rings. The molecule has 8 heteroatoms. The minimum absolute atomic E-state index is 0.134. The lowest BCUT2D eigenvalue weighted by atomic mass is 10.0. The number of carbonyl (C=O) groups excluding carboxylic acids is 1. The van der Waals surface area contributed by atoms with Gasteiger partial charge in [-0.1, -0.05) is 24.1 Å². The zero-order valence-corrected chi connectivity index (χ0v) is 20.5. The molecule has 37 heavy (non-hydrogen) atoms. The fourth-order valence-electron chi connectivity index (χ4n) is 4.59. The molecule has 6 rings (SSSR count). The highest BCUT2D eigenvalue weighted by Crippen LogP contribution is 2.30. The number of aromatic nitrogens is 5. The van der Waals surface area contributed by atoms with Gasteiger partial charge in [-0.2, -0.15) is 10.2 Å². The summed E-state index contributed by atoms with van der Waals surface area (Å²) in [5.74, 6) is 6.49. The van der Waals surface area contributed by atoms with E-state index >= 15 is 0 Å². The van der Waals surface area contributed by atoms with Crippen LogP contribution in [0, 0.1) is 11.8 Å². The predicted octanol–water partition coefficient (Wildman–Crippen LogP) is 3.50. The van der Waals surface area contributed by atoms with E-state index in [1.807, 2.05) is 78.8 Å². The zero-order chi connectivity index (χ0) is 25.2. The van der Waals surface area contributed by atoms with Gasteiger partial charge >= 0.3 is 0 Å². The molecule has 0 N–H and O–H groups in total. The summed E-state index contributed by atoms with van der Waals surface area (Å²) >= 11 is 0. The van der Waals surface area contributed by atoms with E-state index < -0.39 is 0 Å². The van der Waals surface area contributed by atoms with Crippen LogP contribution < -0.4 is 4.90 Å². The number of carbonyl (C=O) groups is 1. The van der Waals surface area contributed by atoms with Crippen LogP contribution in [-0.2, 0) is 11.8 Å². The van der Waals surface area contributed by atoms with Gasteiger partial charge in [0.05, 0.1) is 11.7 Å². The summed E-state index contributed by atoms with van der Waals surface area (Å²) in [4.78, 5) is 21.3. The molecule has 0 atom stereocenters. The van der Waals surface area contributed by atoms with Crippen LogP contribution in [-0.4, -0.2) is 61.4 Å². The first kappa shape index (κ1) is 22.6. The molecule has 1 aromatic carbocycles. The summed E-state index contributed by atoms with van der Waals surface area (Å²) in [7, 11) is 1.91. The Hall–Kier alpha value is -4.90. The summed E-state index contributed by atoms with van der Waals surface area (Å²) in [6, 6.07) is 17.9. The van der Waals surface area contributed by atoms with Crippen LogP contribution in [0.25, 0.3) is 27.8 Å². The van der Waals surface area contributed by atoms with Crippen molar-refractivity contribution >= 4 is 17.2 Å². The van der Waals surface area contributed by atoms with E-state index in [1.54, 1.807) is 15.8 Å². The molecule has 5 aromatic rings. The molecule has 1 aliphatic rings. The van der Waals surface area contributed by atoms with Gasteiger partial charge in [-0.05, 0) is 36.4 Å². The van der Waals surface area contributed by atoms with Crippen LogP contribution in [0.5, 0.6) is 0 Å². The molecule has 0 bridgehead atoms. The molecule has 4 aromatic heterocycles. The van der Waals surface area contributed by atoms with Crippen molar-refractivity contribution in [3.63, 3.8) is 0 Å². The van der Waals surface area contributed by atoms with Crippen LogP contribution in [0.15, 0.2) is 85.6 Å². The highest BCUT2D eigenvalue weighted by atomic mass is 16.2. The molecule has 0 saturated carbocycles. The van der Waals surface area contributed by atoms with Gasteiger partial charge in [0.15, 0.2) is 0 Å². The fourth-order valence-corrected chi connectivity index (χ4v) is 4.59. The Kier molecular flexibility index (Phi) is 5.87. The average Bonchev–Trinajstić information content (AvgIpc) is 3.61. The zero-order valence-electron chi connectivity index (χ0n) is 20.5. The van der Waals surface area contributed by atoms with E-state index in [4.69, 9.17) is 4.98 Å². The van der Waals surface area contributed by atoms with Gasteiger partial charge in [-0.15, -0.1) is 0 Å². The molecule has 0 radical (unpaired) electrons. The van der Waals surface area contributed by atoms with E-state index in [0.29, 0.717) is 26.2 Å². The Bertz CT molecular complexity index is 1620. The molecule has 0 aliphatic carbocycles. The number of rotatable bonds is 3. The average molecular weight is 488 g/mol. The SMILES string of the molecule is Cn1cc(-c2cc(-c3ccc(N4CCN(C(=O)C#Cc5ccccc5)CC4)nc3)c3ccnn3c2)cn1. The van der Waals surface area contributed by atoms with Gasteiger partial charge in [-0.25, -0.2) is 9.50 Å². The number of amides is 1. The normalized spacial score (nSPS) is 13.4. The van der Waals surface area contributed by atoms with E-state index in [0.717, 1.165) is 39.2 Å². The van der Waals surface area contributed by atoms with Crippen molar-refractivity contribution in [2.24, 2.45) is 7.05 Å². The highest BCUT2D eigenvalue weighted by molar-refractivity contribution is 5.94. The number of hydrogen-bond acceptors (Lipinski definition) is 5. The smallest absolute Gasteiger partial charge is 0.298 e. The predicted molar refractivity (Wildman–Crippen MR) is 143 cm³/mol. The molecule has 0 unspecified atom stereocenters. The van der Waals surface area contributed by atoms with E-state index in [2.05, 4.69) is 39.1 Å². The third kappa shape index (κ3) is 4.67. The van der Waals surface area contributed by atoms with Crippen LogP contribution >= 0.6 is 0 Å². The number of pyridine rings is 2. The topological polar surface area (TPSA) is 71.6 Å². The molecule has 5 heterocycles. The van der Waals surface area contributed by atoms with Gasteiger partial charge in [0.2, 0.25) is 0 Å². The Morgan fingerprint density at radius 1 is 0.865 bits per heavy atom. The minimum atomic E-state index is -0.134. The first-order chi connectivity index (χ1) is 18.1. The third-order valence-electron chi connectivity index (χ3n) is 6.58. The van der Waals surface area contributed by atoms with Gasteiger partial charge in [-0.3, -0.25) is 9.48 Å². The molecule has 182 valence electrons.